The lowest BCUT2D eigenvalue weighted by atomic mass is 9.97. The lowest BCUT2D eigenvalue weighted by Gasteiger charge is -2.34. The van der Waals surface area contributed by atoms with Crippen LogP contribution in [0.5, 0.6) is 0 Å². The fourth-order valence-corrected chi connectivity index (χ4v) is 5.19. The van der Waals surface area contributed by atoms with Crippen LogP contribution in [0.25, 0.3) is 10.1 Å². The van der Waals surface area contributed by atoms with E-state index in [0.29, 0.717) is 5.69 Å². The number of hydrogen-bond donors (Lipinski definition) is 1. The molecule has 0 radical (unpaired) electrons. The van der Waals surface area contributed by atoms with Crippen molar-refractivity contribution in [3.05, 3.63) is 29.6 Å². The van der Waals surface area contributed by atoms with Gasteiger partial charge in [0.1, 0.15) is 0 Å². The fourth-order valence-electron chi connectivity index (χ4n) is 3.45. The van der Waals surface area contributed by atoms with Crippen LogP contribution in [0.3, 0.4) is 0 Å². The first-order valence-corrected chi connectivity index (χ1v) is 11.4. The Morgan fingerprint density at radius 2 is 1.72 bits per heavy atom. The summed E-state index contributed by atoms with van der Waals surface area (Å²) in [6.07, 6.45) is -17.1. The van der Waals surface area contributed by atoms with Crippen LogP contribution in [0.15, 0.2) is 29.6 Å². The number of hydrogen-bond acceptors (Lipinski definition) is 5. The number of halogens is 6. The molecule has 2 aromatic rings. The number of thiol groups is 1. The molecular weight excluding hydrogens is 486 g/mol. The normalized spacial score (nSPS) is 16.2. The van der Waals surface area contributed by atoms with Gasteiger partial charge in [0.25, 0.3) is 6.10 Å². The van der Waals surface area contributed by atoms with E-state index in [9.17, 15) is 39.6 Å². The predicted octanol–water partition coefficient (Wildman–Crippen LogP) is 4.58. The summed E-state index contributed by atoms with van der Waals surface area (Å²) in [5.41, 5.74) is 0.502. The van der Waals surface area contributed by atoms with Gasteiger partial charge < -0.3 is 9.64 Å². The summed E-state index contributed by atoms with van der Waals surface area (Å²) in [6.45, 7) is -0.227. The standard InChI is InChI=1S/C18H18F6N2O4S2/c19-17(20,21)15(18(22,23)24)30-16(27)25-7-5-11(6-8-25)9-26(32(28)29)13-10-31-14-4-2-1-3-12(13)14/h1-4,10-11,15,32H,5-9H2. The van der Waals surface area contributed by atoms with Crippen LogP contribution in [0.1, 0.15) is 12.8 Å². The highest BCUT2D eigenvalue weighted by Crippen LogP contribution is 2.37. The van der Waals surface area contributed by atoms with Crippen molar-refractivity contribution in [3.63, 3.8) is 0 Å². The van der Waals surface area contributed by atoms with E-state index in [2.05, 4.69) is 4.74 Å². The molecule has 0 aliphatic carbocycles. The van der Waals surface area contributed by atoms with Crippen molar-refractivity contribution in [2.45, 2.75) is 31.3 Å². The first-order valence-electron chi connectivity index (χ1n) is 9.35. The van der Waals surface area contributed by atoms with Crippen LogP contribution in [-0.4, -0.2) is 57.5 Å². The number of nitrogens with zero attached hydrogens (tertiary/aromatic N) is 2. The molecule has 1 aromatic heterocycles. The molecule has 14 heteroatoms. The molecule has 1 saturated heterocycles. The summed E-state index contributed by atoms with van der Waals surface area (Å²) in [5.74, 6) is -0.244. The monoisotopic (exact) mass is 504 g/mol. The average Bonchev–Trinajstić information content (AvgIpc) is 3.12. The van der Waals surface area contributed by atoms with Gasteiger partial charge in [-0.2, -0.15) is 26.3 Å². The van der Waals surface area contributed by atoms with E-state index in [-0.39, 0.29) is 38.4 Å². The summed E-state index contributed by atoms with van der Waals surface area (Å²) >= 11 is 1.37. The second-order valence-electron chi connectivity index (χ2n) is 7.21. The van der Waals surface area contributed by atoms with Gasteiger partial charge in [-0.15, -0.1) is 11.3 Å². The van der Waals surface area contributed by atoms with E-state index in [4.69, 9.17) is 0 Å². The molecule has 0 bridgehead atoms. The van der Waals surface area contributed by atoms with Crippen molar-refractivity contribution in [2.75, 3.05) is 23.9 Å². The van der Waals surface area contributed by atoms with E-state index in [1.807, 2.05) is 12.1 Å². The third-order valence-electron chi connectivity index (χ3n) is 5.05. The third kappa shape index (κ3) is 5.57. The first-order chi connectivity index (χ1) is 14.9. The van der Waals surface area contributed by atoms with Crippen molar-refractivity contribution in [2.24, 2.45) is 5.92 Å². The second-order valence-corrected chi connectivity index (χ2v) is 9.08. The number of thiophene rings is 1. The largest absolute Gasteiger partial charge is 0.434 e. The second kappa shape index (κ2) is 9.33. The van der Waals surface area contributed by atoms with E-state index in [1.165, 1.54) is 15.6 Å². The molecule has 1 amide bonds. The molecule has 0 N–H and O–H groups in total. The van der Waals surface area contributed by atoms with Gasteiger partial charge in [-0.3, -0.25) is 4.31 Å². The minimum Gasteiger partial charge on any atom is -0.426 e. The molecule has 0 unspecified atom stereocenters. The van der Waals surface area contributed by atoms with Crippen molar-refractivity contribution in [1.82, 2.24) is 4.90 Å². The molecule has 1 aliphatic heterocycles. The molecule has 0 atom stereocenters. The number of carbonyl (C=O) groups is 1. The maximum atomic E-state index is 12.6. The minimum atomic E-state index is -5.78. The number of ether oxygens (including phenoxy) is 1. The highest BCUT2D eigenvalue weighted by atomic mass is 32.2. The highest BCUT2D eigenvalue weighted by Gasteiger charge is 2.60. The summed E-state index contributed by atoms with van der Waals surface area (Å²) < 4.78 is 105. The van der Waals surface area contributed by atoms with E-state index in [1.54, 1.807) is 17.5 Å². The van der Waals surface area contributed by atoms with Gasteiger partial charge in [-0.25, -0.2) is 13.2 Å². The number of piperidine rings is 1. The summed E-state index contributed by atoms with van der Waals surface area (Å²) in [5, 5.41) is 2.46. The number of benzene rings is 1. The zero-order chi connectivity index (χ0) is 23.7. The Hall–Kier alpha value is -2.22. The zero-order valence-electron chi connectivity index (χ0n) is 16.2. The van der Waals surface area contributed by atoms with Gasteiger partial charge >= 0.3 is 18.4 Å². The lowest BCUT2D eigenvalue weighted by molar-refractivity contribution is -0.308. The smallest absolute Gasteiger partial charge is 0.426 e. The van der Waals surface area contributed by atoms with Gasteiger partial charge in [-0.05, 0) is 24.8 Å². The Morgan fingerprint density at radius 3 is 2.28 bits per heavy atom. The van der Waals surface area contributed by atoms with Crippen molar-refractivity contribution in [3.8, 4) is 0 Å². The molecule has 1 aromatic carbocycles. The molecular formula is C18H18F6N2O4S2. The number of carbonyl (C=O) groups excluding carboxylic acids is 1. The molecule has 0 spiro atoms. The lowest BCUT2D eigenvalue weighted by Crippen LogP contribution is -2.49. The van der Waals surface area contributed by atoms with Crippen LogP contribution in [-0.2, 0) is 15.6 Å². The van der Waals surface area contributed by atoms with Crippen LogP contribution in [0.4, 0.5) is 36.8 Å². The van der Waals surface area contributed by atoms with Crippen LogP contribution in [0, 0.1) is 5.92 Å². The van der Waals surface area contributed by atoms with E-state index >= 15 is 0 Å². The van der Waals surface area contributed by atoms with Crippen molar-refractivity contribution < 1.29 is 44.3 Å². The Morgan fingerprint density at radius 1 is 1.12 bits per heavy atom. The molecule has 3 rings (SSSR count). The van der Waals surface area contributed by atoms with Crippen LogP contribution in [0.2, 0.25) is 0 Å². The Bertz CT molecular complexity index is 1010. The first kappa shape index (κ1) is 24.4. The SMILES string of the molecule is O=C(OC(C(F)(F)F)C(F)(F)F)N1CCC(CN(c2csc3ccccc23)[SH](=O)=O)CC1. The quantitative estimate of drug-likeness (QED) is 0.479. The third-order valence-corrected chi connectivity index (χ3v) is 6.78. The maximum Gasteiger partial charge on any atom is 0.434 e. The van der Waals surface area contributed by atoms with E-state index in [0.717, 1.165) is 15.0 Å². The number of alkyl halides is 6. The Kier molecular flexibility index (Phi) is 7.12. The van der Waals surface area contributed by atoms with Crippen molar-refractivity contribution in [1.29, 1.82) is 0 Å². The fraction of sp³-hybridized carbons (Fsp3) is 0.500. The Labute approximate surface area is 184 Å². The topological polar surface area (TPSA) is 66.9 Å². The molecule has 6 nitrogen and oxygen atoms in total. The number of likely N-dealkylation sites (tertiary alicyclic amines) is 1. The van der Waals surface area contributed by atoms with Gasteiger partial charge in [0.05, 0.1) is 5.69 Å². The number of fused-ring (bicyclic) bond motifs is 1. The summed E-state index contributed by atoms with van der Waals surface area (Å²) in [6, 6.07) is 7.22. The zero-order valence-corrected chi connectivity index (χ0v) is 17.9. The van der Waals surface area contributed by atoms with Gasteiger partial charge in [0.15, 0.2) is 0 Å². The number of amides is 1. The molecule has 178 valence electrons. The van der Waals surface area contributed by atoms with Crippen LogP contribution < -0.4 is 4.31 Å². The summed E-state index contributed by atoms with van der Waals surface area (Å²) in [7, 11) is -2.99. The summed E-state index contributed by atoms with van der Waals surface area (Å²) in [4.78, 5) is 12.6. The minimum absolute atomic E-state index is 0.0794. The molecule has 1 fully saturated rings. The van der Waals surface area contributed by atoms with Gasteiger partial charge in [-0.1, -0.05) is 18.2 Å². The molecule has 32 heavy (non-hydrogen) atoms. The molecule has 1 aliphatic rings. The van der Waals surface area contributed by atoms with Crippen LogP contribution >= 0.6 is 11.3 Å². The maximum absolute atomic E-state index is 12.6. The Balaban J connectivity index is 1.63. The number of anilines is 1. The molecule has 2 heterocycles. The van der Waals surface area contributed by atoms with Gasteiger partial charge in [0, 0.05) is 35.1 Å². The number of rotatable bonds is 5. The van der Waals surface area contributed by atoms with Crippen molar-refractivity contribution >= 4 is 44.1 Å². The average molecular weight is 504 g/mol. The van der Waals surface area contributed by atoms with E-state index < -0.39 is 35.4 Å². The highest BCUT2D eigenvalue weighted by molar-refractivity contribution is 7.74. The predicted molar refractivity (Wildman–Crippen MR) is 106 cm³/mol. The molecule has 0 saturated carbocycles. The van der Waals surface area contributed by atoms with Gasteiger partial charge in [0.2, 0.25) is 10.9 Å².